The molecule has 0 aromatic heterocycles. The molecule has 1 aromatic carbocycles. The Morgan fingerprint density at radius 3 is 2.60 bits per heavy atom. The molecule has 0 spiro atoms. The number of Topliss-reactive ketones (excluding diaryl/α,β-unsaturated/α-hetero) is 1. The molecular formula is C12H9BrF3NO3. The molecule has 2 rings (SSSR count). The van der Waals surface area contributed by atoms with E-state index in [1.165, 1.54) is 6.07 Å². The normalized spacial score (nSPS) is 14.9. The van der Waals surface area contributed by atoms with E-state index in [1.807, 2.05) is 0 Å². The maximum Gasteiger partial charge on any atom is 0.411 e. The fourth-order valence-electron chi connectivity index (χ4n) is 1.87. The Morgan fingerprint density at radius 2 is 1.95 bits per heavy atom. The fraction of sp³-hybridized carbons (Fsp3) is 0.333. The average molecular weight is 352 g/mol. The molecule has 0 N–H and O–H groups in total. The Labute approximate surface area is 120 Å². The van der Waals surface area contributed by atoms with E-state index in [1.54, 1.807) is 12.1 Å². The molecule has 0 radical (unpaired) electrons. The Morgan fingerprint density at radius 1 is 1.25 bits per heavy atom. The van der Waals surface area contributed by atoms with Crippen LogP contribution < -0.4 is 4.90 Å². The van der Waals surface area contributed by atoms with Gasteiger partial charge < -0.3 is 9.64 Å². The van der Waals surface area contributed by atoms with E-state index in [0.29, 0.717) is 10.2 Å². The lowest BCUT2D eigenvalue weighted by Gasteiger charge is -2.18. The number of amides is 1. The highest BCUT2D eigenvalue weighted by molar-refractivity contribution is 9.10. The first-order valence-corrected chi connectivity index (χ1v) is 6.40. The van der Waals surface area contributed by atoms with E-state index in [4.69, 9.17) is 0 Å². The third-order valence-corrected chi connectivity index (χ3v) is 3.31. The van der Waals surface area contributed by atoms with Gasteiger partial charge in [0, 0.05) is 11.0 Å². The fourth-order valence-corrected chi connectivity index (χ4v) is 2.45. The monoisotopic (exact) mass is 351 g/mol. The summed E-state index contributed by atoms with van der Waals surface area (Å²) >= 11 is 3.22. The van der Waals surface area contributed by atoms with Gasteiger partial charge in [-0.3, -0.25) is 9.59 Å². The second kappa shape index (κ2) is 5.53. The molecule has 108 valence electrons. The number of halogens is 4. The van der Waals surface area contributed by atoms with Crippen molar-refractivity contribution in [3.63, 3.8) is 0 Å². The maximum absolute atomic E-state index is 11.9. The first-order chi connectivity index (χ1) is 9.31. The number of ketones is 1. The molecule has 0 fully saturated rings. The summed E-state index contributed by atoms with van der Waals surface area (Å²) in [7, 11) is 0. The Bertz CT molecular complexity index is 559. The molecule has 0 unspecified atom stereocenters. The highest BCUT2D eigenvalue weighted by Crippen LogP contribution is 2.35. The number of hydrogen-bond acceptors (Lipinski definition) is 3. The molecule has 1 heterocycles. The van der Waals surface area contributed by atoms with Gasteiger partial charge in [-0.25, -0.2) is 0 Å². The lowest BCUT2D eigenvalue weighted by molar-refractivity contribution is -0.173. The van der Waals surface area contributed by atoms with Crippen LogP contribution in [0.25, 0.3) is 0 Å². The SMILES string of the molecule is O=C1C(=O)N(CCOCC(F)(F)F)c2c(Br)cccc21. The molecule has 0 aliphatic carbocycles. The average Bonchev–Trinajstić information content (AvgIpc) is 2.60. The number of ether oxygens (including phenoxy) is 1. The van der Waals surface area contributed by atoms with E-state index in [9.17, 15) is 22.8 Å². The van der Waals surface area contributed by atoms with Gasteiger partial charge in [-0.05, 0) is 28.1 Å². The van der Waals surface area contributed by atoms with Crippen LogP contribution in [0, 0.1) is 0 Å². The summed E-state index contributed by atoms with van der Waals surface area (Å²) in [6.45, 7) is -1.80. The van der Waals surface area contributed by atoms with Gasteiger partial charge in [0.2, 0.25) is 0 Å². The Kier molecular flexibility index (Phi) is 4.14. The molecule has 1 aliphatic heterocycles. The molecule has 20 heavy (non-hydrogen) atoms. The number of carbonyl (C=O) groups excluding carboxylic acids is 2. The van der Waals surface area contributed by atoms with Crippen molar-refractivity contribution in [1.29, 1.82) is 0 Å². The minimum atomic E-state index is -4.41. The van der Waals surface area contributed by atoms with Crippen molar-refractivity contribution in [3.05, 3.63) is 28.2 Å². The van der Waals surface area contributed by atoms with Crippen molar-refractivity contribution >= 4 is 33.3 Å². The molecule has 1 amide bonds. The zero-order valence-corrected chi connectivity index (χ0v) is 11.6. The lowest BCUT2D eigenvalue weighted by Crippen LogP contribution is -2.33. The quantitative estimate of drug-likeness (QED) is 0.618. The smallest absolute Gasteiger partial charge is 0.370 e. The van der Waals surface area contributed by atoms with Gasteiger partial charge in [-0.15, -0.1) is 0 Å². The molecule has 0 atom stereocenters. The largest absolute Gasteiger partial charge is 0.411 e. The van der Waals surface area contributed by atoms with Gasteiger partial charge in [-0.2, -0.15) is 13.2 Å². The second-order valence-electron chi connectivity index (χ2n) is 4.09. The van der Waals surface area contributed by atoms with Crippen LogP contribution in [-0.4, -0.2) is 37.6 Å². The Hall–Kier alpha value is -1.41. The van der Waals surface area contributed by atoms with Gasteiger partial charge in [0.25, 0.3) is 11.7 Å². The highest BCUT2D eigenvalue weighted by Gasteiger charge is 2.37. The topological polar surface area (TPSA) is 46.6 Å². The van der Waals surface area contributed by atoms with Gasteiger partial charge in [0.05, 0.1) is 17.9 Å². The predicted octanol–water partition coefficient (Wildman–Crippen LogP) is 2.56. The summed E-state index contributed by atoms with van der Waals surface area (Å²) < 4.78 is 40.8. The molecule has 0 bridgehead atoms. The lowest BCUT2D eigenvalue weighted by atomic mass is 10.1. The molecule has 4 nitrogen and oxygen atoms in total. The third kappa shape index (κ3) is 3.01. The number of nitrogens with zero attached hydrogens (tertiary/aromatic N) is 1. The van der Waals surface area contributed by atoms with E-state index in [-0.39, 0.29) is 18.7 Å². The minimum Gasteiger partial charge on any atom is -0.370 e. The van der Waals surface area contributed by atoms with E-state index in [0.717, 1.165) is 4.90 Å². The third-order valence-electron chi connectivity index (χ3n) is 2.67. The molecular weight excluding hydrogens is 343 g/mol. The summed E-state index contributed by atoms with van der Waals surface area (Å²) in [5, 5.41) is 0. The van der Waals surface area contributed by atoms with Gasteiger partial charge >= 0.3 is 6.18 Å². The molecule has 8 heteroatoms. The first-order valence-electron chi connectivity index (χ1n) is 5.60. The van der Waals surface area contributed by atoms with Crippen LogP contribution in [0.1, 0.15) is 10.4 Å². The summed E-state index contributed by atoms with van der Waals surface area (Å²) in [5.74, 6) is -1.43. The number of anilines is 1. The standard InChI is InChI=1S/C12H9BrF3NO3/c13-8-3-1-2-7-9(8)17(11(19)10(7)18)4-5-20-6-12(14,15)16/h1-3H,4-6H2. The number of fused-ring (bicyclic) bond motifs is 1. The zero-order chi connectivity index (χ0) is 14.9. The zero-order valence-electron chi connectivity index (χ0n) is 10.0. The molecule has 0 saturated heterocycles. The first kappa shape index (κ1) is 15.0. The van der Waals surface area contributed by atoms with Crippen molar-refractivity contribution in [2.75, 3.05) is 24.7 Å². The van der Waals surface area contributed by atoms with Crippen molar-refractivity contribution in [1.82, 2.24) is 0 Å². The summed E-state index contributed by atoms with van der Waals surface area (Å²) in [6.07, 6.45) is -4.41. The van der Waals surface area contributed by atoms with Crippen molar-refractivity contribution in [3.8, 4) is 0 Å². The number of benzene rings is 1. The number of hydrogen-bond donors (Lipinski definition) is 0. The summed E-state index contributed by atoms with van der Waals surface area (Å²) in [6, 6.07) is 4.75. The molecule has 1 aromatic rings. The van der Waals surface area contributed by atoms with Gasteiger partial charge in [0.15, 0.2) is 0 Å². The molecule has 1 aliphatic rings. The summed E-state index contributed by atoms with van der Waals surface area (Å²) in [5.41, 5.74) is 0.610. The number of alkyl halides is 3. The van der Waals surface area contributed by atoms with Crippen LogP contribution in [0.2, 0.25) is 0 Å². The highest BCUT2D eigenvalue weighted by atomic mass is 79.9. The minimum absolute atomic E-state index is 0.115. The van der Waals surface area contributed by atoms with Crippen LogP contribution >= 0.6 is 15.9 Å². The number of para-hydroxylation sites is 1. The number of rotatable bonds is 4. The van der Waals surface area contributed by atoms with Crippen molar-refractivity contribution in [2.24, 2.45) is 0 Å². The Balaban J connectivity index is 2.07. The predicted molar refractivity (Wildman–Crippen MR) is 67.7 cm³/mol. The van der Waals surface area contributed by atoms with E-state index < -0.39 is 24.5 Å². The van der Waals surface area contributed by atoms with E-state index in [2.05, 4.69) is 20.7 Å². The number of carbonyl (C=O) groups is 2. The van der Waals surface area contributed by atoms with Crippen LogP contribution in [0.15, 0.2) is 22.7 Å². The summed E-state index contributed by atoms with van der Waals surface area (Å²) in [4.78, 5) is 24.6. The van der Waals surface area contributed by atoms with Crippen LogP contribution in [0.5, 0.6) is 0 Å². The van der Waals surface area contributed by atoms with Crippen LogP contribution in [-0.2, 0) is 9.53 Å². The van der Waals surface area contributed by atoms with Crippen LogP contribution in [0.3, 0.4) is 0 Å². The van der Waals surface area contributed by atoms with Crippen LogP contribution in [0.4, 0.5) is 18.9 Å². The second-order valence-corrected chi connectivity index (χ2v) is 4.94. The van der Waals surface area contributed by atoms with Crippen molar-refractivity contribution < 1.29 is 27.5 Å². The molecule has 0 saturated carbocycles. The van der Waals surface area contributed by atoms with Gasteiger partial charge in [-0.1, -0.05) is 6.07 Å². The maximum atomic E-state index is 11.9. The van der Waals surface area contributed by atoms with E-state index >= 15 is 0 Å². The van der Waals surface area contributed by atoms with Crippen molar-refractivity contribution in [2.45, 2.75) is 6.18 Å². The van der Waals surface area contributed by atoms with Gasteiger partial charge in [0.1, 0.15) is 6.61 Å².